The van der Waals surface area contributed by atoms with E-state index in [0.29, 0.717) is 18.6 Å². The molecule has 0 aliphatic rings. The summed E-state index contributed by atoms with van der Waals surface area (Å²) in [5.41, 5.74) is -0.495. The summed E-state index contributed by atoms with van der Waals surface area (Å²) in [6, 6.07) is 0. The molecular formula is C8H17NO2. The maximum absolute atomic E-state index is 9.80. The summed E-state index contributed by atoms with van der Waals surface area (Å²) in [6.45, 7) is 5.51. The molecule has 3 heteroatoms. The molecule has 0 amide bonds. The summed E-state index contributed by atoms with van der Waals surface area (Å²) < 4.78 is 0. The minimum Gasteiger partial charge on any atom is -0.411 e. The molecule has 0 saturated heterocycles. The number of rotatable bonds is 4. The normalized spacial score (nSPS) is 18.0. The van der Waals surface area contributed by atoms with Crippen molar-refractivity contribution in [2.45, 2.75) is 45.6 Å². The lowest BCUT2D eigenvalue weighted by Crippen LogP contribution is -2.35. The molecule has 1 atom stereocenters. The molecule has 0 rings (SSSR count). The van der Waals surface area contributed by atoms with E-state index in [4.69, 9.17) is 5.21 Å². The Morgan fingerprint density at radius 3 is 2.27 bits per heavy atom. The van der Waals surface area contributed by atoms with Crippen LogP contribution in [0.15, 0.2) is 5.16 Å². The Hall–Kier alpha value is -0.570. The van der Waals surface area contributed by atoms with E-state index in [9.17, 15) is 5.11 Å². The zero-order valence-electron chi connectivity index (χ0n) is 7.46. The fourth-order valence-corrected chi connectivity index (χ4v) is 1.12. The summed E-state index contributed by atoms with van der Waals surface area (Å²) in [5.74, 6) is 0. The molecule has 0 fully saturated rings. The van der Waals surface area contributed by atoms with Gasteiger partial charge in [0.25, 0.3) is 0 Å². The van der Waals surface area contributed by atoms with Crippen LogP contribution in [0.1, 0.15) is 40.0 Å². The van der Waals surface area contributed by atoms with Gasteiger partial charge in [-0.3, -0.25) is 0 Å². The SMILES string of the molecule is CCCC(O)(CC)/C(C)=N/O. The largest absolute Gasteiger partial charge is 0.411 e. The van der Waals surface area contributed by atoms with Gasteiger partial charge < -0.3 is 10.3 Å². The Morgan fingerprint density at radius 1 is 1.45 bits per heavy atom. The number of hydrogen-bond donors (Lipinski definition) is 2. The predicted octanol–water partition coefficient (Wildman–Crippen LogP) is 1.78. The van der Waals surface area contributed by atoms with Gasteiger partial charge in [0, 0.05) is 0 Å². The van der Waals surface area contributed by atoms with Gasteiger partial charge in [0.2, 0.25) is 0 Å². The lowest BCUT2D eigenvalue weighted by atomic mass is 9.90. The fraction of sp³-hybridized carbons (Fsp3) is 0.875. The number of nitrogens with zero attached hydrogens (tertiary/aromatic N) is 1. The standard InChI is InChI=1S/C8H17NO2/c1-4-6-8(10,5-2)7(3)9-11/h10-11H,4-6H2,1-3H3/b9-7+. The highest BCUT2D eigenvalue weighted by Crippen LogP contribution is 2.18. The van der Waals surface area contributed by atoms with Crippen molar-refractivity contribution in [3.8, 4) is 0 Å². The first kappa shape index (κ1) is 10.4. The van der Waals surface area contributed by atoms with Crippen molar-refractivity contribution in [1.82, 2.24) is 0 Å². The van der Waals surface area contributed by atoms with E-state index in [1.807, 2.05) is 13.8 Å². The summed E-state index contributed by atoms with van der Waals surface area (Å²) in [6.07, 6.45) is 2.13. The van der Waals surface area contributed by atoms with Gasteiger partial charge in [-0.2, -0.15) is 0 Å². The van der Waals surface area contributed by atoms with Gasteiger partial charge in [-0.15, -0.1) is 0 Å². The first-order valence-electron chi connectivity index (χ1n) is 4.02. The molecule has 0 aliphatic carbocycles. The molecule has 0 aliphatic heterocycles. The van der Waals surface area contributed by atoms with E-state index in [1.165, 1.54) is 0 Å². The minimum absolute atomic E-state index is 0.404. The Bertz CT molecular complexity index is 145. The molecule has 1 unspecified atom stereocenters. The highest BCUT2D eigenvalue weighted by molar-refractivity contribution is 5.89. The molecule has 0 radical (unpaired) electrons. The van der Waals surface area contributed by atoms with Crippen LogP contribution in [0.5, 0.6) is 0 Å². The number of aliphatic hydroxyl groups is 1. The Labute approximate surface area is 67.7 Å². The van der Waals surface area contributed by atoms with Crippen LogP contribution in [0.2, 0.25) is 0 Å². The lowest BCUT2D eigenvalue weighted by molar-refractivity contribution is 0.0923. The topological polar surface area (TPSA) is 52.8 Å². The molecule has 0 aromatic rings. The highest BCUT2D eigenvalue weighted by atomic mass is 16.4. The second-order valence-corrected chi connectivity index (χ2v) is 2.82. The second-order valence-electron chi connectivity index (χ2n) is 2.82. The van der Waals surface area contributed by atoms with Crippen molar-refractivity contribution >= 4 is 5.71 Å². The maximum atomic E-state index is 9.80. The van der Waals surface area contributed by atoms with Crippen LogP contribution in [-0.2, 0) is 0 Å². The molecule has 0 heterocycles. The van der Waals surface area contributed by atoms with Crippen molar-refractivity contribution in [3.63, 3.8) is 0 Å². The molecule has 0 bridgehead atoms. The molecule has 0 aromatic heterocycles. The highest BCUT2D eigenvalue weighted by Gasteiger charge is 2.27. The number of hydrogen-bond acceptors (Lipinski definition) is 3. The Morgan fingerprint density at radius 2 is 2.00 bits per heavy atom. The summed E-state index contributed by atoms with van der Waals surface area (Å²) in [5, 5.41) is 21.3. The molecule has 2 N–H and O–H groups in total. The molecule has 0 saturated carbocycles. The van der Waals surface area contributed by atoms with Crippen molar-refractivity contribution in [1.29, 1.82) is 0 Å². The zero-order chi connectivity index (χ0) is 8.91. The van der Waals surface area contributed by atoms with Crippen molar-refractivity contribution in [2.24, 2.45) is 5.16 Å². The average Bonchev–Trinajstić information content (AvgIpc) is 2.03. The fourth-order valence-electron chi connectivity index (χ4n) is 1.12. The average molecular weight is 159 g/mol. The third-order valence-corrected chi connectivity index (χ3v) is 2.07. The third kappa shape index (κ3) is 2.50. The molecule has 0 aromatic carbocycles. The van der Waals surface area contributed by atoms with Gasteiger partial charge in [-0.05, 0) is 19.8 Å². The predicted molar refractivity (Wildman–Crippen MR) is 45.0 cm³/mol. The van der Waals surface area contributed by atoms with E-state index in [2.05, 4.69) is 5.16 Å². The monoisotopic (exact) mass is 159 g/mol. The number of oxime groups is 1. The summed E-state index contributed by atoms with van der Waals surface area (Å²) in [4.78, 5) is 0. The van der Waals surface area contributed by atoms with E-state index < -0.39 is 5.60 Å². The smallest absolute Gasteiger partial charge is 0.105 e. The van der Waals surface area contributed by atoms with Crippen LogP contribution in [0.4, 0.5) is 0 Å². The first-order chi connectivity index (χ1) is 5.10. The Kier molecular flexibility index (Phi) is 4.11. The van der Waals surface area contributed by atoms with Gasteiger partial charge >= 0.3 is 0 Å². The molecule has 11 heavy (non-hydrogen) atoms. The molecule has 66 valence electrons. The summed E-state index contributed by atoms with van der Waals surface area (Å²) >= 11 is 0. The van der Waals surface area contributed by atoms with Gasteiger partial charge in [0.05, 0.1) is 5.71 Å². The van der Waals surface area contributed by atoms with Gasteiger partial charge in [-0.25, -0.2) is 0 Å². The van der Waals surface area contributed by atoms with Gasteiger partial charge in [0.1, 0.15) is 5.60 Å². The third-order valence-electron chi connectivity index (χ3n) is 2.07. The maximum Gasteiger partial charge on any atom is 0.105 e. The van der Waals surface area contributed by atoms with Crippen LogP contribution in [0.3, 0.4) is 0 Å². The molecule has 3 nitrogen and oxygen atoms in total. The quantitative estimate of drug-likeness (QED) is 0.373. The lowest BCUT2D eigenvalue weighted by Gasteiger charge is -2.24. The van der Waals surface area contributed by atoms with E-state index >= 15 is 0 Å². The van der Waals surface area contributed by atoms with Crippen LogP contribution < -0.4 is 0 Å². The van der Waals surface area contributed by atoms with E-state index in [1.54, 1.807) is 6.92 Å². The van der Waals surface area contributed by atoms with Crippen LogP contribution in [0, 0.1) is 0 Å². The minimum atomic E-state index is -0.899. The van der Waals surface area contributed by atoms with Crippen LogP contribution in [0.25, 0.3) is 0 Å². The van der Waals surface area contributed by atoms with Gasteiger partial charge in [0.15, 0.2) is 0 Å². The van der Waals surface area contributed by atoms with E-state index in [-0.39, 0.29) is 0 Å². The van der Waals surface area contributed by atoms with Crippen LogP contribution in [-0.4, -0.2) is 21.6 Å². The van der Waals surface area contributed by atoms with Crippen molar-refractivity contribution < 1.29 is 10.3 Å². The van der Waals surface area contributed by atoms with E-state index in [0.717, 1.165) is 6.42 Å². The molecular weight excluding hydrogens is 142 g/mol. The second kappa shape index (κ2) is 4.34. The zero-order valence-corrected chi connectivity index (χ0v) is 7.46. The summed E-state index contributed by atoms with van der Waals surface area (Å²) in [7, 11) is 0. The van der Waals surface area contributed by atoms with Gasteiger partial charge in [-0.1, -0.05) is 25.4 Å². The molecule has 0 spiro atoms. The Balaban J connectivity index is 4.32. The van der Waals surface area contributed by atoms with Crippen LogP contribution >= 0.6 is 0 Å². The van der Waals surface area contributed by atoms with Crippen molar-refractivity contribution in [2.75, 3.05) is 0 Å². The van der Waals surface area contributed by atoms with Crippen molar-refractivity contribution in [3.05, 3.63) is 0 Å². The first-order valence-corrected chi connectivity index (χ1v) is 4.02.